The number of rotatable bonds is 4. The van der Waals surface area contributed by atoms with Crippen LogP contribution in [0.15, 0.2) is 27.1 Å². The van der Waals surface area contributed by atoms with E-state index in [1.165, 1.54) is 0 Å². The quantitative estimate of drug-likeness (QED) is 0.831. The third-order valence-electron chi connectivity index (χ3n) is 3.03. The van der Waals surface area contributed by atoms with Gasteiger partial charge in [0.05, 0.1) is 0 Å². The summed E-state index contributed by atoms with van der Waals surface area (Å²) < 4.78 is 6.36. The van der Waals surface area contributed by atoms with Gasteiger partial charge in [-0.05, 0) is 25.1 Å². The van der Waals surface area contributed by atoms with E-state index in [1.54, 1.807) is 19.1 Å². The summed E-state index contributed by atoms with van der Waals surface area (Å²) in [7, 11) is 0. The van der Waals surface area contributed by atoms with Crippen LogP contribution in [0.5, 0.6) is 0 Å². The average Bonchev–Trinajstić information content (AvgIpc) is 2.75. The molecule has 6 heteroatoms. The van der Waals surface area contributed by atoms with E-state index in [9.17, 15) is 9.59 Å². The SMILES string of the molecule is C#CCC(NC(=O)c1oc2ccc(Br)cc2c1C)C(=O)O. The van der Waals surface area contributed by atoms with Crippen LogP contribution in [0.4, 0.5) is 0 Å². The Labute approximate surface area is 129 Å². The lowest BCUT2D eigenvalue weighted by atomic mass is 10.1. The van der Waals surface area contributed by atoms with Gasteiger partial charge in [-0.15, -0.1) is 12.3 Å². The molecule has 1 atom stereocenters. The van der Waals surface area contributed by atoms with E-state index in [4.69, 9.17) is 15.9 Å². The van der Waals surface area contributed by atoms with E-state index in [0.717, 1.165) is 9.86 Å². The molecule has 108 valence electrons. The smallest absolute Gasteiger partial charge is 0.327 e. The lowest BCUT2D eigenvalue weighted by molar-refractivity contribution is -0.139. The predicted octanol–water partition coefficient (Wildman–Crippen LogP) is 2.71. The fraction of sp³-hybridized carbons (Fsp3) is 0.200. The van der Waals surface area contributed by atoms with E-state index in [0.29, 0.717) is 11.1 Å². The van der Waals surface area contributed by atoms with E-state index in [1.807, 2.05) is 6.07 Å². The Morgan fingerprint density at radius 2 is 2.24 bits per heavy atom. The highest BCUT2D eigenvalue weighted by molar-refractivity contribution is 9.10. The summed E-state index contributed by atoms with van der Waals surface area (Å²) in [5.41, 5.74) is 1.21. The van der Waals surface area contributed by atoms with Crippen molar-refractivity contribution in [2.75, 3.05) is 0 Å². The number of benzene rings is 1. The molecule has 0 saturated carbocycles. The van der Waals surface area contributed by atoms with E-state index in [-0.39, 0.29) is 12.2 Å². The fourth-order valence-electron chi connectivity index (χ4n) is 1.95. The number of amides is 1. The van der Waals surface area contributed by atoms with Crippen molar-refractivity contribution in [3.63, 3.8) is 0 Å². The van der Waals surface area contributed by atoms with Crippen LogP contribution in [0.3, 0.4) is 0 Å². The van der Waals surface area contributed by atoms with Gasteiger partial charge in [0.15, 0.2) is 5.76 Å². The van der Waals surface area contributed by atoms with E-state index < -0.39 is 17.9 Å². The largest absolute Gasteiger partial charge is 0.480 e. The molecular weight excluding hydrogens is 338 g/mol. The number of aryl methyl sites for hydroxylation is 1. The second kappa shape index (κ2) is 6.02. The summed E-state index contributed by atoms with van der Waals surface area (Å²) >= 11 is 3.35. The first-order valence-electron chi connectivity index (χ1n) is 6.09. The minimum Gasteiger partial charge on any atom is -0.480 e. The van der Waals surface area contributed by atoms with E-state index in [2.05, 4.69) is 27.2 Å². The average molecular weight is 350 g/mol. The zero-order chi connectivity index (χ0) is 15.6. The number of fused-ring (bicyclic) bond motifs is 1. The molecule has 2 rings (SSSR count). The number of hydrogen-bond acceptors (Lipinski definition) is 3. The number of carbonyl (C=O) groups is 2. The van der Waals surface area contributed by atoms with Crippen LogP contribution in [0, 0.1) is 19.3 Å². The zero-order valence-electron chi connectivity index (χ0n) is 11.1. The second-order valence-electron chi connectivity index (χ2n) is 4.47. The summed E-state index contributed by atoms with van der Waals surface area (Å²) in [4.78, 5) is 23.2. The van der Waals surface area contributed by atoms with Crippen LogP contribution in [0.1, 0.15) is 22.5 Å². The van der Waals surface area contributed by atoms with Crippen LogP contribution in [0.2, 0.25) is 0 Å². The maximum atomic E-state index is 12.2. The molecule has 2 N–H and O–H groups in total. The van der Waals surface area contributed by atoms with Gasteiger partial charge in [-0.3, -0.25) is 4.79 Å². The summed E-state index contributed by atoms with van der Waals surface area (Å²) in [6, 6.07) is 4.23. The number of carbonyl (C=O) groups excluding carboxylic acids is 1. The molecule has 0 radical (unpaired) electrons. The van der Waals surface area contributed by atoms with Gasteiger partial charge in [-0.25, -0.2) is 4.79 Å². The summed E-state index contributed by atoms with van der Waals surface area (Å²) in [6.07, 6.45) is 5.00. The van der Waals surface area contributed by atoms with Crippen LogP contribution >= 0.6 is 15.9 Å². The first-order chi connectivity index (χ1) is 9.93. The molecule has 0 fully saturated rings. The molecule has 0 bridgehead atoms. The number of furan rings is 1. The Morgan fingerprint density at radius 1 is 1.52 bits per heavy atom. The van der Waals surface area contributed by atoms with E-state index >= 15 is 0 Å². The maximum absolute atomic E-state index is 12.2. The van der Waals surface area contributed by atoms with Crippen molar-refractivity contribution in [1.29, 1.82) is 0 Å². The zero-order valence-corrected chi connectivity index (χ0v) is 12.7. The number of aliphatic carboxylic acids is 1. The molecule has 21 heavy (non-hydrogen) atoms. The molecule has 0 aliphatic heterocycles. The summed E-state index contributed by atoms with van der Waals surface area (Å²) in [5, 5.41) is 12.2. The molecule has 1 amide bonds. The molecular formula is C15H12BrNO4. The Kier molecular flexibility index (Phi) is 4.34. The first kappa shape index (κ1) is 15.1. The molecule has 0 saturated heterocycles. The minimum atomic E-state index is -1.18. The summed E-state index contributed by atoms with van der Waals surface area (Å²) in [5.74, 6) is 0.534. The van der Waals surface area contributed by atoms with Gasteiger partial charge in [0.2, 0.25) is 0 Å². The number of halogens is 1. The Hall–Kier alpha value is -2.26. The third kappa shape index (κ3) is 3.09. The van der Waals surface area contributed by atoms with Crippen LogP contribution in [-0.4, -0.2) is 23.0 Å². The number of nitrogens with one attached hydrogen (secondary N) is 1. The number of carboxylic acid groups (broad SMARTS) is 1. The molecule has 1 aromatic carbocycles. The van der Waals surface area contributed by atoms with Crippen molar-refractivity contribution in [1.82, 2.24) is 5.32 Å². The van der Waals surface area contributed by atoms with Crippen LogP contribution in [-0.2, 0) is 4.79 Å². The van der Waals surface area contributed by atoms with Crippen molar-refractivity contribution in [2.24, 2.45) is 0 Å². The molecule has 1 heterocycles. The van der Waals surface area contributed by atoms with Crippen molar-refractivity contribution >= 4 is 38.8 Å². The Balaban J connectivity index is 2.33. The van der Waals surface area contributed by atoms with Crippen molar-refractivity contribution in [3.8, 4) is 12.3 Å². The van der Waals surface area contributed by atoms with Gasteiger partial charge >= 0.3 is 5.97 Å². The highest BCUT2D eigenvalue weighted by atomic mass is 79.9. The predicted molar refractivity (Wildman–Crippen MR) is 81.0 cm³/mol. The minimum absolute atomic E-state index is 0.0892. The topological polar surface area (TPSA) is 79.5 Å². The number of carboxylic acids is 1. The van der Waals surface area contributed by atoms with Gasteiger partial charge in [0.1, 0.15) is 11.6 Å². The summed E-state index contributed by atoms with van der Waals surface area (Å²) in [6.45, 7) is 1.74. The Morgan fingerprint density at radius 3 is 2.86 bits per heavy atom. The molecule has 0 aliphatic rings. The van der Waals surface area contributed by atoms with Crippen molar-refractivity contribution < 1.29 is 19.1 Å². The number of hydrogen-bond donors (Lipinski definition) is 2. The molecule has 2 aromatic rings. The van der Waals surface area contributed by atoms with Gasteiger partial charge < -0.3 is 14.8 Å². The molecule has 0 spiro atoms. The molecule has 1 unspecified atom stereocenters. The molecule has 0 aliphatic carbocycles. The highest BCUT2D eigenvalue weighted by Gasteiger charge is 2.24. The first-order valence-corrected chi connectivity index (χ1v) is 6.89. The molecule has 1 aromatic heterocycles. The maximum Gasteiger partial charge on any atom is 0.327 e. The van der Waals surface area contributed by atoms with Crippen LogP contribution < -0.4 is 5.32 Å². The standard InChI is InChI=1S/C15H12BrNO4/c1-3-4-11(15(19)20)17-14(18)13-8(2)10-7-9(16)5-6-12(10)21-13/h1,5-7,11H,4H2,2H3,(H,17,18)(H,19,20). The van der Waals surface area contributed by atoms with Gasteiger partial charge in [0, 0.05) is 21.8 Å². The number of terminal acetylenes is 1. The fourth-order valence-corrected chi connectivity index (χ4v) is 2.31. The second-order valence-corrected chi connectivity index (χ2v) is 5.38. The van der Waals surface area contributed by atoms with Gasteiger partial charge in [-0.1, -0.05) is 15.9 Å². The highest BCUT2D eigenvalue weighted by Crippen LogP contribution is 2.28. The van der Waals surface area contributed by atoms with Crippen molar-refractivity contribution in [3.05, 3.63) is 34.0 Å². The van der Waals surface area contributed by atoms with Crippen molar-refractivity contribution in [2.45, 2.75) is 19.4 Å². The normalized spacial score (nSPS) is 11.9. The molecule has 5 nitrogen and oxygen atoms in total. The van der Waals surface area contributed by atoms with Crippen LogP contribution in [0.25, 0.3) is 11.0 Å². The Bertz CT molecular complexity index is 757. The monoisotopic (exact) mass is 349 g/mol. The van der Waals surface area contributed by atoms with Gasteiger partial charge in [0.25, 0.3) is 5.91 Å². The third-order valence-corrected chi connectivity index (χ3v) is 3.52. The lowest BCUT2D eigenvalue weighted by Gasteiger charge is -2.10. The lowest BCUT2D eigenvalue weighted by Crippen LogP contribution is -2.40. The van der Waals surface area contributed by atoms with Gasteiger partial charge in [-0.2, -0.15) is 0 Å².